The minimum Gasteiger partial charge on any atom is -0.352 e. The quantitative estimate of drug-likeness (QED) is 0.882. The van der Waals surface area contributed by atoms with Crippen LogP contribution in [0.2, 0.25) is 0 Å². The van der Waals surface area contributed by atoms with Crippen molar-refractivity contribution in [2.45, 2.75) is 6.92 Å². The van der Waals surface area contributed by atoms with Crippen LogP contribution in [-0.2, 0) is 0 Å². The second-order valence-corrected chi connectivity index (χ2v) is 5.03. The Labute approximate surface area is 115 Å². The number of hydrogen-bond donors (Lipinski definition) is 1. The van der Waals surface area contributed by atoms with Crippen LogP contribution in [0.4, 0.5) is 0 Å². The molecule has 0 spiro atoms. The van der Waals surface area contributed by atoms with Crippen LogP contribution in [0.1, 0.15) is 17.3 Å². The third kappa shape index (κ3) is 3.07. The molecule has 0 aliphatic rings. The van der Waals surface area contributed by atoms with Gasteiger partial charge in [-0.3, -0.25) is 9.78 Å². The van der Waals surface area contributed by atoms with Gasteiger partial charge in [0.15, 0.2) is 0 Å². The lowest BCUT2D eigenvalue weighted by molar-refractivity contribution is 0.0949. The van der Waals surface area contributed by atoms with Crippen LogP contribution < -0.4 is 5.32 Å². The van der Waals surface area contributed by atoms with Gasteiger partial charge < -0.3 is 5.32 Å². The molecular weight excluding hydrogens is 292 g/mol. The number of carbonyl (C=O) groups is 1. The van der Waals surface area contributed by atoms with Crippen LogP contribution in [0.3, 0.4) is 0 Å². The van der Waals surface area contributed by atoms with E-state index in [1.807, 2.05) is 30.3 Å². The third-order valence-electron chi connectivity index (χ3n) is 2.74. The maximum Gasteiger partial charge on any atom is 0.251 e. The van der Waals surface area contributed by atoms with Gasteiger partial charge in [0.25, 0.3) is 5.91 Å². The summed E-state index contributed by atoms with van der Waals surface area (Å²) in [5, 5.41) is 4.79. The molecule has 4 heteroatoms. The van der Waals surface area contributed by atoms with E-state index >= 15 is 0 Å². The third-order valence-corrected chi connectivity index (χ3v) is 3.85. The van der Waals surface area contributed by atoms with Crippen LogP contribution in [0.25, 0.3) is 10.9 Å². The number of fused-ring (bicyclic) bond motifs is 1. The highest BCUT2D eigenvalue weighted by Gasteiger charge is 2.07. The predicted molar refractivity (Wildman–Crippen MR) is 77.0 cm³/mol. The molecular formula is C14H15BrN2O. The van der Waals surface area contributed by atoms with E-state index in [1.165, 1.54) is 0 Å². The zero-order valence-electron chi connectivity index (χ0n) is 10.2. The average molecular weight is 307 g/mol. The molecule has 0 aliphatic heterocycles. The van der Waals surface area contributed by atoms with Gasteiger partial charge >= 0.3 is 0 Å². The molecule has 1 heterocycles. The molecule has 0 fully saturated rings. The number of nitrogens with one attached hydrogen (secondary N) is 1. The normalized spacial score (nSPS) is 12.3. The molecule has 18 heavy (non-hydrogen) atoms. The van der Waals surface area contributed by atoms with E-state index in [-0.39, 0.29) is 5.91 Å². The van der Waals surface area contributed by atoms with Crippen molar-refractivity contribution >= 4 is 32.7 Å². The Kier molecular flexibility index (Phi) is 4.31. The molecule has 0 aliphatic carbocycles. The summed E-state index contributed by atoms with van der Waals surface area (Å²) >= 11 is 3.39. The standard InChI is InChI=1S/C14H15BrN2O/c1-10(8-15)9-17-14(18)12-4-5-13-11(7-12)3-2-6-16-13/h2-7,10H,8-9H2,1H3,(H,17,18). The van der Waals surface area contributed by atoms with Gasteiger partial charge in [0.2, 0.25) is 0 Å². The van der Waals surface area contributed by atoms with Gasteiger partial charge in [-0.05, 0) is 30.2 Å². The van der Waals surface area contributed by atoms with Crippen LogP contribution in [0.15, 0.2) is 36.5 Å². The number of halogens is 1. The fourth-order valence-electron chi connectivity index (χ4n) is 1.64. The summed E-state index contributed by atoms with van der Waals surface area (Å²) in [6, 6.07) is 9.38. The molecule has 2 aromatic rings. The number of benzene rings is 1. The maximum atomic E-state index is 12.0. The first-order valence-corrected chi connectivity index (χ1v) is 7.02. The second kappa shape index (κ2) is 5.96. The first-order chi connectivity index (χ1) is 8.70. The van der Waals surface area contributed by atoms with E-state index < -0.39 is 0 Å². The first kappa shape index (κ1) is 13.0. The van der Waals surface area contributed by atoms with Crippen molar-refractivity contribution < 1.29 is 4.79 Å². The Hall–Kier alpha value is -1.42. The van der Waals surface area contributed by atoms with Crippen molar-refractivity contribution in [2.24, 2.45) is 5.92 Å². The zero-order valence-corrected chi connectivity index (χ0v) is 11.8. The molecule has 1 N–H and O–H groups in total. The monoisotopic (exact) mass is 306 g/mol. The summed E-state index contributed by atoms with van der Waals surface area (Å²) in [5.41, 5.74) is 1.58. The lowest BCUT2D eigenvalue weighted by Crippen LogP contribution is -2.28. The molecule has 2 rings (SSSR count). The van der Waals surface area contributed by atoms with E-state index in [2.05, 4.69) is 33.2 Å². The predicted octanol–water partition coefficient (Wildman–Crippen LogP) is 3.00. The van der Waals surface area contributed by atoms with Crippen molar-refractivity contribution in [1.29, 1.82) is 0 Å². The highest BCUT2D eigenvalue weighted by molar-refractivity contribution is 9.09. The maximum absolute atomic E-state index is 12.0. The molecule has 1 unspecified atom stereocenters. The topological polar surface area (TPSA) is 42.0 Å². The van der Waals surface area contributed by atoms with Gasteiger partial charge in [-0.25, -0.2) is 0 Å². The SMILES string of the molecule is CC(CBr)CNC(=O)c1ccc2ncccc2c1. The molecule has 0 bridgehead atoms. The minimum atomic E-state index is -0.0337. The number of rotatable bonds is 4. The highest BCUT2D eigenvalue weighted by atomic mass is 79.9. The average Bonchev–Trinajstić information content (AvgIpc) is 2.43. The van der Waals surface area contributed by atoms with Crippen molar-refractivity contribution in [1.82, 2.24) is 10.3 Å². The number of aromatic nitrogens is 1. The number of alkyl halides is 1. The molecule has 0 saturated heterocycles. The summed E-state index contributed by atoms with van der Waals surface area (Å²) in [5.74, 6) is 0.393. The van der Waals surface area contributed by atoms with Crippen molar-refractivity contribution in [3.63, 3.8) is 0 Å². The molecule has 0 radical (unpaired) electrons. The van der Waals surface area contributed by atoms with E-state index in [9.17, 15) is 4.79 Å². The number of hydrogen-bond acceptors (Lipinski definition) is 2. The van der Waals surface area contributed by atoms with E-state index in [1.54, 1.807) is 6.20 Å². The Morgan fingerprint density at radius 2 is 2.28 bits per heavy atom. The zero-order chi connectivity index (χ0) is 13.0. The summed E-state index contributed by atoms with van der Waals surface area (Å²) in [6.07, 6.45) is 1.75. The van der Waals surface area contributed by atoms with Gasteiger partial charge in [-0.2, -0.15) is 0 Å². The van der Waals surface area contributed by atoms with Gasteiger partial charge in [-0.1, -0.05) is 28.9 Å². The van der Waals surface area contributed by atoms with Crippen LogP contribution in [0.5, 0.6) is 0 Å². The van der Waals surface area contributed by atoms with Crippen molar-refractivity contribution in [2.75, 3.05) is 11.9 Å². The van der Waals surface area contributed by atoms with Gasteiger partial charge in [0.1, 0.15) is 0 Å². The van der Waals surface area contributed by atoms with E-state index in [0.717, 1.165) is 16.2 Å². The van der Waals surface area contributed by atoms with Crippen molar-refractivity contribution in [3.05, 3.63) is 42.1 Å². The highest BCUT2D eigenvalue weighted by Crippen LogP contribution is 2.13. The molecule has 1 atom stereocenters. The van der Waals surface area contributed by atoms with Gasteiger partial charge in [-0.15, -0.1) is 0 Å². The second-order valence-electron chi connectivity index (χ2n) is 4.38. The largest absolute Gasteiger partial charge is 0.352 e. The fourth-order valence-corrected chi connectivity index (χ4v) is 1.87. The number of nitrogens with zero attached hydrogens (tertiary/aromatic N) is 1. The van der Waals surface area contributed by atoms with Gasteiger partial charge in [0.05, 0.1) is 5.52 Å². The molecule has 94 valence electrons. The number of pyridine rings is 1. The Bertz CT molecular complexity index is 556. The molecule has 3 nitrogen and oxygen atoms in total. The number of amides is 1. The molecule has 1 aromatic heterocycles. The summed E-state index contributed by atoms with van der Waals surface area (Å²) in [4.78, 5) is 16.2. The van der Waals surface area contributed by atoms with Crippen molar-refractivity contribution in [3.8, 4) is 0 Å². The summed E-state index contributed by atoms with van der Waals surface area (Å²) in [6.45, 7) is 2.76. The molecule has 0 saturated carbocycles. The summed E-state index contributed by atoms with van der Waals surface area (Å²) in [7, 11) is 0. The van der Waals surface area contributed by atoms with E-state index in [0.29, 0.717) is 18.0 Å². The Morgan fingerprint density at radius 3 is 3.06 bits per heavy atom. The smallest absolute Gasteiger partial charge is 0.251 e. The lowest BCUT2D eigenvalue weighted by atomic mass is 10.1. The fraction of sp³-hybridized carbons (Fsp3) is 0.286. The van der Waals surface area contributed by atoms with Crippen LogP contribution in [-0.4, -0.2) is 22.8 Å². The molecule has 1 aromatic carbocycles. The number of carbonyl (C=O) groups excluding carboxylic acids is 1. The Balaban J connectivity index is 2.13. The first-order valence-electron chi connectivity index (χ1n) is 5.89. The van der Waals surface area contributed by atoms with Crippen LogP contribution in [0, 0.1) is 5.92 Å². The van der Waals surface area contributed by atoms with E-state index in [4.69, 9.17) is 0 Å². The lowest BCUT2D eigenvalue weighted by Gasteiger charge is -2.09. The molecule has 1 amide bonds. The minimum absolute atomic E-state index is 0.0337. The van der Waals surface area contributed by atoms with Crippen LogP contribution >= 0.6 is 15.9 Å². The summed E-state index contributed by atoms with van der Waals surface area (Å²) < 4.78 is 0. The van der Waals surface area contributed by atoms with Gasteiger partial charge in [0, 0.05) is 29.0 Å². The Morgan fingerprint density at radius 1 is 1.44 bits per heavy atom.